The molecule has 0 aliphatic carbocycles. The van der Waals surface area contributed by atoms with Gasteiger partial charge in [0.1, 0.15) is 0 Å². The van der Waals surface area contributed by atoms with Crippen molar-refractivity contribution in [3.8, 4) is 0 Å². The normalized spacial score (nSPS) is 22.8. The van der Waals surface area contributed by atoms with Gasteiger partial charge in [-0.05, 0) is 112 Å². The fraction of sp³-hybridized carbons (Fsp3) is 0.867. The smallest absolute Gasteiger partial charge is 0.423 e. The molecule has 0 bridgehead atoms. The molecule has 2 aliphatic heterocycles. The standard InChI is InChI=1S/C30H54N4O8/c1-26(2)16-20(17-27(3,4)33(26)41-24(31)39)30(23(37)38,15-13-11-9-10-12-14-22(35)36)21-18-28(5,6)34(42-25(32)40)29(7,8)19-21/h20-21H,9-19H2,1-8H3,(H2,31,39)(H2,32,40)(H,35,36)(H,37,38)/p-2. The van der Waals surface area contributed by atoms with Crippen molar-refractivity contribution in [2.45, 2.75) is 148 Å². The monoisotopic (exact) mass is 596 g/mol. The lowest BCUT2D eigenvalue weighted by atomic mass is 9.52. The van der Waals surface area contributed by atoms with E-state index in [2.05, 4.69) is 0 Å². The Bertz CT molecular complexity index is 917. The number of hydroxylamine groups is 4. The lowest BCUT2D eigenvalue weighted by Crippen LogP contribution is -2.68. The zero-order valence-electron chi connectivity index (χ0n) is 26.7. The maximum absolute atomic E-state index is 13.6. The van der Waals surface area contributed by atoms with Gasteiger partial charge in [-0.1, -0.05) is 25.7 Å². The van der Waals surface area contributed by atoms with Crippen LogP contribution in [0.4, 0.5) is 9.59 Å². The predicted octanol–water partition coefficient (Wildman–Crippen LogP) is 2.76. The molecule has 2 saturated heterocycles. The molecule has 0 saturated carbocycles. The van der Waals surface area contributed by atoms with Gasteiger partial charge >= 0.3 is 12.2 Å². The first-order valence-corrected chi connectivity index (χ1v) is 15.1. The van der Waals surface area contributed by atoms with Crippen LogP contribution in [-0.4, -0.2) is 56.4 Å². The average Bonchev–Trinajstić information content (AvgIpc) is 2.79. The number of nitrogens with zero attached hydrogens (tertiary/aromatic N) is 2. The first kappa shape index (κ1) is 35.6. The number of aliphatic carboxylic acids is 2. The Hall–Kier alpha value is -2.60. The largest absolute Gasteiger partial charge is 0.550 e. The van der Waals surface area contributed by atoms with Crippen LogP contribution in [0.25, 0.3) is 0 Å². The molecule has 0 aromatic carbocycles. The van der Waals surface area contributed by atoms with Crippen molar-refractivity contribution >= 4 is 24.1 Å². The molecule has 12 heteroatoms. The molecule has 0 radical (unpaired) electrons. The second-order valence-electron chi connectivity index (χ2n) is 14.8. The van der Waals surface area contributed by atoms with E-state index in [0.29, 0.717) is 44.9 Å². The molecule has 4 N–H and O–H groups in total. The van der Waals surface area contributed by atoms with Gasteiger partial charge in [-0.25, -0.2) is 9.59 Å². The maximum atomic E-state index is 13.6. The highest BCUT2D eigenvalue weighted by molar-refractivity contribution is 5.74. The van der Waals surface area contributed by atoms with E-state index >= 15 is 0 Å². The van der Waals surface area contributed by atoms with Crippen molar-refractivity contribution in [2.75, 3.05) is 0 Å². The summed E-state index contributed by atoms with van der Waals surface area (Å²) in [5.74, 6) is -2.85. The van der Waals surface area contributed by atoms with Crippen LogP contribution in [0.5, 0.6) is 0 Å². The highest BCUT2D eigenvalue weighted by Gasteiger charge is 2.60. The van der Waals surface area contributed by atoms with E-state index < -0.39 is 51.7 Å². The molecule has 2 fully saturated rings. The molecule has 2 amide bonds. The number of carbonyl (C=O) groups excluding carboxylic acids is 4. The van der Waals surface area contributed by atoms with E-state index in [0.717, 1.165) is 19.3 Å². The molecule has 0 unspecified atom stereocenters. The number of carboxylic acids is 2. The van der Waals surface area contributed by atoms with E-state index in [1.807, 2.05) is 55.4 Å². The Kier molecular flexibility index (Phi) is 11.0. The highest BCUT2D eigenvalue weighted by Crippen LogP contribution is 2.58. The molecule has 0 aromatic rings. The van der Waals surface area contributed by atoms with Crippen molar-refractivity contribution in [1.29, 1.82) is 0 Å². The van der Waals surface area contributed by atoms with E-state index in [9.17, 15) is 29.4 Å². The van der Waals surface area contributed by atoms with Crippen LogP contribution in [-0.2, 0) is 19.3 Å². The Balaban J connectivity index is 2.52. The molecule has 0 aromatic heterocycles. The van der Waals surface area contributed by atoms with Gasteiger partial charge in [0, 0.05) is 17.4 Å². The van der Waals surface area contributed by atoms with Gasteiger partial charge in [0.05, 0.1) is 22.2 Å². The van der Waals surface area contributed by atoms with Crippen LogP contribution in [0.2, 0.25) is 0 Å². The molecule has 2 heterocycles. The van der Waals surface area contributed by atoms with Crippen molar-refractivity contribution in [2.24, 2.45) is 28.7 Å². The van der Waals surface area contributed by atoms with Crippen LogP contribution < -0.4 is 21.7 Å². The second kappa shape index (κ2) is 13.0. The molecule has 0 spiro atoms. The summed E-state index contributed by atoms with van der Waals surface area (Å²) in [5.41, 5.74) is 6.64. The van der Waals surface area contributed by atoms with Crippen LogP contribution in [0.3, 0.4) is 0 Å². The third-order valence-electron chi connectivity index (χ3n) is 9.35. The lowest BCUT2D eigenvalue weighted by Gasteiger charge is -2.62. The highest BCUT2D eigenvalue weighted by atomic mass is 16.7. The number of carboxylic acid groups (broad SMARTS) is 2. The molecular weight excluding hydrogens is 544 g/mol. The van der Waals surface area contributed by atoms with Crippen LogP contribution in [0, 0.1) is 17.3 Å². The minimum absolute atomic E-state index is 0.00914. The third kappa shape index (κ3) is 8.06. The number of unbranched alkanes of at least 4 members (excludes halogenated alkanes) is 4. The van der Waals surface area contributed by atoms with Gasteiger partial charge in [0.2, 0.25) is 0 Å². The summed E-state index contributed by atoms with van der Waals surface area (Å²) >= 11 is 0. The number of carbonyl (C=O) groups is 4. The van der Waals surface area contributed by atoms with Gasteiger partial charge in [-0.2, -0.15) is 0 Å². The van der Waals surface area contributed by atoms with E-state index in [-0.39, 0.29) is 18.3 Å². The van der Waals surface area contributed by atoms with Crippen LogP contribution in [0.1, 0.15) is 126 Å². The average molecular weight is 597 g/mol. The molecule has 0 atom stereocenters. The van der Waals surface area contributed by atoms with Gasteiger partial charge in [0.15, 0.2) is 0 Å². The Morgan fingerprint density at radius 2 is 1.00 bits per heavy atom. The van der Waals surface area contributed by atoms with E-state index in [4.69, 9.17) is 21.1 Å². The summed E-state index contributed by atoms with van der Waals surface area (Å²) < 4.78 is 0. The van der Waals surface area contributed by atoms with Crippen molar-refractivity contribution in [3.05, 3.63) is 0 Å². The second-order valence-corrected chi connectivity index (χ2v) is 14.8. The number of piperidine rings is 2. The van der Waals surface area contributed by atoms with Crippen LogP contribution in [0.15, 0.2) is 0 Å². The Labute approximate surface area is 250 Å². The molecule has 2 aliphatic rings. The molecular formula is C30H52N4O8-2. The van der Waals surface area contributed by atoms with Gasteiger partial charge in [-0.15, -0.1) is 10.1 Å². The first-order chi connectivity index (χ1) is 19.1. The minimum Gasteiger partial charge on any atom is -0.550 e. The molecule has 42 heavy (non-hydrogen) atoms. The summed E-state index contributed by atoms with van der Waals surface area (Å²) in [7, 11) is 0. The minimum atomic E-state index is -1.24. The number of nitrogens with two attached hydrogens (primary N) is 2. The zero-order valence-corrected chi connectivity index (χ0v) is 26.7. The SMILES string of the molecule is CC1(C)CC(C(CCCCCCCC(=O)[O-])(C(=O)[O-])C2CC(C)(C)N(OC(N)=O)C(C)(C)C2)CC(C)(C)N1OC(N)=O. The van der Waals surface area contributed by atoms with Crippen molar-refractivity contribution in [3.63, 3.8) is 0 Å². The van der Waals surface area contributed by atoms with Gasteiger partial charge < -0.3 is 40.9 Å². The maximum Gasteiger partial charge on any atom is 0.423 e. The number of hydrogen-bond donors (Lipinski definition) is 2. The Morgan fingerprint density at radius 3 is 1.31 bits per heavy atom. The molecule has 12 nitrogen and oxygen atoms in total. The first-order valence-electron chi connectivity index (χ1n) is 15.1. The third-order valence-corrected chi connectivity index (χ3v) is 9.35. The summed E-state index contributed by atoms with van der Waals surface area (Å²) in [6.45, 7) is 15.3. The summed E-state index contributed by atoms with van der Waals surface area (Å²) in [6, 6.07) is 0. The lowest BCUT2D eigenvalue weighted by molar-refractivity contribution is -0.337. The van der Waals surface area contributed by atoms with E-state index in [1.165, 1.54) is 0 Å². The van der Waals surface area contributed by atoms with Gasteiger partial charge in [-0.3, -0.25) is 0 Å². The topological polar surface area (TPSA) is 191 Å². The fourth-order valence-corrected chi connectivity index (χ4v) is 8.32. The summed E-state index contributed by atoms with van der Waals surface area (Å²) in [6.07, 6.45) is 3.59. The van der Waals surface area contributed by atoms with Crippen molar-refractivity contribution in [1.82, 2.24) is 10.1 Å². The van der Waals surface area contributed by atoms with Crippen LogP contribution >= 0.6 is 0 Å². The van der Waals surface area contributed by atoms with Crippen molar-refractivity contribution < 1.29 is 39.1 Å². The molecule has 2 rings (SSSR count). The number of amides is 2. The zero-order chi connectivity index (χ0) is 32.3. The fourth-order valence-electron chi connectivity index (χ4n) is 8.32. The quantitative estimate of drug-likeness (QED) is 0.299. The Morgan fingerprint density at radius 1 is 0.667 bits per heavy atom. The summed E-state index contributed by atoms with van der Waals surface area (Å²) in [5, 5.41) is 27.5. The van der Waals surface area contributed by atoms with Gasteiger partial charge in [0.25, 0.3) is 0 Å². The van der Waals surface area contributed by atoms with E-state index in [1.54, 1.807) is 10.1 Å². The predicted molar refractivity (Wildman–Crippen MR) is 152 cm³/mol. The molecule has 242 valence electrons. The number of rotatable bonds is 13. The number of primary amides is 2. The summed E-state index contributed by atoms with van der Waals surface area (Å²) in [4.78, 5) is 58.8. The number of hydrogen-bond acceptors (Lipinski definition) is 10.